The van der Waals surface area contributed by atoms with E-state index in [-0.39, 0.29) is 18.2 Å². The second-order valence-electron chi connectivity index (χ2n) is 4.40. The number of benzene rings is 1. The SMILES string of the molecule is C[C@H](O)[C@H]1COC[C@@H](c2cc(F)c(F)c(F)c2)N1. The summed E-state index contributed by atoms with van der Waals surface area (Å²) in [5.74, 6) is -3.94. The number of nitrogens with one attached hydrogen (secondary N) is 1. The maximum absolute atomic E-state index is 13.1. The van der Waals surface area contributed by atoms with Crippen LogP contribution in [0, 0.1) is 17.5 Å². The standard InChI is InChI=1S/C12H14F3NO2/c1-6(17)10-4-18-5-11(16-10)7-2-8(13)12(15)9(14)3-7/h2-3,6,10-11,16-17H,4-5H2,1H3/t6-,10+,11-/m0/s1. The van der Waals surface area contributed by atoms with Crippen LogP contribution in [0.1, 0.15) is 18.5 Å². The maximum Gasteiger partial charge on any atom is 0.194 e. The molecule has 0 aromatic heterocycles. The Morgan fingerprint density at radius 3 is 2.44 bits per heavy atom. The number of rotatable bonds is 2. The van der Waals surface area contributed by atoms with Crippen LogP contribution >= 0.6 is 0 Å². The summed E-state index contributed by atoms with van der Waals surface area (Å²) < 4.78 is 44.3. The summed E-state index contributed by atoms with van der Waals surface area (Å²) in [6.07, 6.45) is -0.650. The molecule has 0 bridgehead atoms. The molecule has 2 N–H and O–H groups in total. The van der Waals surface area contributed by atoms with Crippen LogP contribution in [-0.2, 0) is 4.74 Å². The van der Waals surface area contributed by atoms with Crippen molar-refractivity contribution < 1.29 is 23.0 Å². The highest BCUT2D eigenvalue weighted by Crippen LogP contribution is 2.22. The molecule has 0 amide bonds. The van der Waals surface area contributed by atoms with Crippen LogP contribution in [-0.4, -0.2) is 30.5 Å². The van der Waals surface area contributed by atoms with Crippen LogP contribution in [0.15, 0.2) is 12.1 Å². The summed E-state index contributed by atoms with van der Waals surface area (Å²) >= 11 is 0. The average Bonchev–Trinajstić information content (AvgIpc) is 2.35. The predicted octanol–water partition coefficient (Wildman–Crippen LogP) is 1.51. The number of aliphatic hydroxyl groups excluding tert-OH is 1. The van der Waals surface area contributed by atoms with Gasteiger partial charge in [-0.3, -0.25) is 0 Å². The third-order valence-electron chi connectivity index (χ3n) is 2.99. The Bertz CT molecular complexity index is 416. The summed E-state index contributed by atoms with van der Waals surface area (Å²) in [5, 5.41) is 12.5. The zero-order chi connectivity index (χ0) is 13.3. The van der Waals surface area contributed by atoms with Crippen molar-refractivity contribution >= 4 is 0 Å². The van der Waals surface area contributed by atoms with E-state index in [9.17, 15) is 18.3 Å². The topological polar surface area (TPSA) is 41.5 Å². The minimum Gasteiger partial charge on any atom is -0.392 e. The molecule has 1 aromatic carbocycles. The third kappa shape index (κ3) is 2.66. The molecule has 2 rings (SSSR count). The van der Waals surface area contributed by atoms with E-state index in [0.29, 0.717) is 6.61 Å². The molecular weight excluding hydrogens is 247 g/mol. The van der Waals surface area contributed by atoms with Crippen molar-refractivity contribution in [2.24, 2.45) is 0 Å². The summed E-state index contributed by atoms with van der Waals surface area (Å²) in [6.45, 7) is 2.13. The monoisotopic (exact) mass is 261 g/mol. The number of ether oxygens (including phenoxy) is 1. The van der Waals surface area contributed by atoms with Gasteiger partial charge in [-0.2, -0.15) is 0 Å². The molecule has 1 saturated heterocycles. The first kappa shape index (κ1) is 13.3. The van der Waals surface area contributed by atoms with Gasteiger partial charge in [0.05, 0.1) is 31.4 Å². The van der Waals surface area contributed by atoms with Crippen molar-refractivity contribution in [2.75, 3.05) is 13.2 Å². The number of morpholine rings is 1. The van der Waals surface area contributed by atoms with Gasteiger partial charge >= 0.3 is 0 Å². The van der Waals surface area contributed by atoms with Crippen LogP contribution in [0.2, 0.25) is 0 Å². The molecule has 0 spiro atoms. The molecule has 100 valence electrons. The minimum absolute atomic E-state index is 0.216. The van der Waals surface area contributed by atoms with Crippen LogP contribution in [0.3, 0.4) is 0 Å². The first-order valence-electron chi connectivity index (χ1n) is 5.65. The fourth-order valence-corrected chi connectivity index (χ4v) is 1.91. The Morgan fingerprint density at radius 2 is 1.89 bits per heavy atom. The summed E-state index contributed by atoms with van der Waals surface area (Å²) in [5.41, 5.74) is 0.261. The Kier molecular flexibility index (Phi) is 3.89. The van der Waals surface area contributed by atoms with Crippen LogP contribution in [0.4, 0.5) is 13.2 Å². The second kappa shape index (κ2) is 5.26. The molecule has 0 radical (unpaired) electrons. The molecule has 1 aromatic rings. The predicted molar refractivity (Wildman–Crippen MR) is 58.5 cm³/mol. The van der Waals surface area contributed by atoms with E-state index in [1.165, 1.54) is 0 Å². The molecule has 3 nitrogen and oxygen atoms in total. The third-order valence-corrected chi connectivity index (χ3v) is 2.99. The number of aliphatic hydroxyl groups is 1. The molecule has 6 heteroatoms. The van der Waals surface area contributed by atoms with Gasteiger partial charge in [0.2, 0.25) is 0 Å². The van der Waals surface area contributed by atoms with Gasteiger partial charge in [-0.05, 0) is 24.6 Å². The summed E-state index contributed by atoms with van der Waals surface area (Å²) in [4.78, 5) is 0. The highest BCUT2D eigenvalue weighted by Gasteiger charge is 2.27. The largest absolute Gasteiger partial charge is 0.392 e. The molecule has 18 heavy (non-hydrogen) atoms. The quantitative estimate of drug-likeness (QED) is 0.793. The molecule has 0 saturated carbocycles. The molecular formula is C12H14F3NO2. The second-order valence-corrected chi connectivity index (χ2v) is 4.40. The zero-order valence-corrected chi connectivity index (χ0v) is 9.79. The Balaban J connectivity index is 2.21. The van der Waals surface area contributed by atoms with E-state index in [0.717, 1.165) is 12.1 Å². The van der Waals surface area contributed by atoms with Crippen molar-refractivity contribution in [3.05, 3.63) is 35.1 Å². The van der Waals surface area contributed by atoms with E-state index in [1.54, 1.807) is 6.92 Å². The molecule has 0 aliphatic carbocycles. The Hall–Kier alpha value is -1.11. The van der Waals surface area contributed by atoms with Crippen molar-refractivity contribution in [3.63, 3.8) is 0 Å². The Morgan fingerprint density at radius 1 is 1.28 bits per heavy atom. The smallest absolute Gasteiger partial charge is 0.194 e. The van der Waals surface area contributed by atoms with E-state index in [2.05, 4.69) is 5.32 Å². The number of hydrogen-bond donors (Lipinski definition) is 2. The van der Waals surface area contributed by atoms with Crippen LogP contribution < -0.4 is 5.32 Å². The highest BCUT2D eigenvalue weighted by atomic mass is 19.2. The van der Waals surface area contributed by atoms with Gasteiger partial charge in [-0.1, -0.05) is 0 Å². The first-order chi connectivity index (χ1) is 8.49. The van der Waals surface area contributed by atoms with Crippen molar-refractivity contribution in [3.8, 4) is 0 Å². The summed E-state index contributed by atoms with van der Waals surface area (Å²) in [6, 6.07) is 1.08. The number of halogens is 3. The van der Waals surface area contributed by atoms with Crippen molar-refractivity contribution in [2.45, 2.75) is 25.1 Å². The van der Waals surface area contributed by atoms with Crippen LogP contribution in [0.5, 0.6) is 0 Å². The van der Waals surface area contributed by atoms with E-state index < -0.39 is 29.6 Å². The van der Waals surface area contributed by atoms with Gasteiger partial charge in [0, 0.05) is 0 Å². The lowest BCUT2D eigenvalue weighted by Gasteiger charge is -2.33. The lowest BCUT2D eigenvalue weighted by Crippen LogP contribution is -2.49. The van der Waals surface area contributed by atoms with Gasteiger partial charge in [0.15, 0.2) is 17.5 Å². The molecule has 3 atom stereocenters. The van der Waals surface area contributed by atoms with E-state index in [4.69, 9.17) is 4.74 Å². The van der Waals surface area contributed by atoms with Gasteiger partial charge in [-0.25, -0.2) is 13.2 Å². The highest BCUT2D eigenvalue weighted by molar-refractivity contribution is 5.23. The fourth-order valence-electron chi connectivity index (χ4n) is 1.91. The Labute approximate surface area is 103 Å². The van der Waals surface area contributed by atoms with Crippen LogP contribution in [0.25, 0.3) is 0 Å². The molecule has 1 aliphatic rings. The van der Waals surface area contributed by atoms with Gasteiger partial charge in [0.25, 0.3) is 0 Å². The van der Waals surface area contributed by atoms with E-state index >= 15 is 0 Å². The zero-order valence-electron chi connectivity index (χ0n) is 9.79. The molecule has 1 fully saturated rings. The van der Waals surface area contributed by atoms with Gasteiger partial charge in [0.1, 0.15) is 0 Å². The number of hydrogen-bond acceptors (Lipinski definition) is 3. The average molecular weight is 261 g/mol. The van der Waals surface area contributed by atoms with Gasteiger partial charge < -0.3 is 15.2 Å². The van der Waals surface area contributed by atoms with Gasteiger partial charge in [-0.15, -0.1) is 0 Å². The fraction of sp³-hybridized carbons (Fsp3) is 0.500. The first-order valence-corrected chi connectivity index (χ1v) is 5.65. The molecule has 1 heterocycles. The lowest BCUT2D eigenvalue weighted by atomic mass is 10.0. The minimum atomic E-state index is -1.48. The maximum atomic E-state index is 13.1. The lowest BCUT2D eigenvalue weighted by molar-refractivity contribution is 0.00106. The summed E-state index contributed by atoms with van der Waals surface area (Å²) in [7, 11) is 0. The molecule has 0 unspecified atom stereocenters. The van der Waals surface area contributed by atoms with E-state index in [1.807, 2.05) is 0 Å². The normalized spacial score (nSPS) is 26.1. The van der Waals surface area contributed by atoms with Crippen molar-refractivity contribution in [1.82, 2.24) is 5.32 Å². The van der Waals surface area contributed by atoms with Crippen molar-refractivity contribution in [1.29, 1.82) is 0 Å². The molecule has 1 aliphatic heterocycles.